The van der Waals surface area contributed by atoms with Crippen LogP contribution in [-0.4, -0.2) is 33.8 Å². The summed E-state index contributed by atoms with van der Waals surface area (Å²) in [5.74, 6) is -0.289. The molecule has 3 rings (SSSR count). The molecular formula is C17H14ClF2N5O2. The third-order valence-electron chi connectivity index (χ3n) is 3.43. The Morgan fingerprint density at radius 3 is 2.67 bits per heavy atom. The molecule has 0 aliphatic carbocycles. The normalized spacial score (nSPS) is 10.7. The highest BCUT2D eigenvalue weighted by Gasteiger charge is 2.10. The summed E-state index contributed by atoms with van der Waals surface area (Å²) in [6.07, 6.45) is 2.88. The minimum atomic E-state index is -2.88. The maximum Gasteiger partial charge on any atom is 0.387 e. The van der Waals surface area contributed by atoms with E-state index in [0.29, 0.717) is 22.1 Å². The fourth-order valence-corrected chi connectivity index (χ4v) is 2.44. The van der Waals surface area contributed by atoms with Crippen LogP contribution in [-0.2, 0) is 4.79 Å². The molecule has 2 aromatic carbocycles. The molecule has 1 heterocycles. The van der Waals surface area contributed by atoms with Gasteiger partial charge in [-0.05, 0) is 42.5 Å². The van der Waals surface area contributed by atoms with Crippen LogP contribution in [0.1, 0.15) is 0 Å². The SMILES string of the molecule is O=C(CNc1ccc(OC(F)F)cc1)Nc1cc(Cl)ccc1-n1cncn1. The van der Waals surface area contributed by atoms with Crippen molar-refractivity contribution < 1.29 is 18.3 Å². The van der Waals surface area contributed by atoms with E-state index < -0.39 is 6.61 Å². The van der Waals surface area contributed by atoms with Gasteiger partial charge >= 0.3 is 6.61 Å². The number of hydrogen-bond acceptors (Lipinski definition) is 5. The third-order valence-corrected chi connectivity index (χ3v) is 3.67. The first-order valence-electron chi connectivity index (χ1n) is 7.74. The minimum absolute atomic E-state index is 0.0383. The average molecular weight is 394 g/mol. The number of nitrogens with zero attached hydrogens (tertiary/aromatic N) is 3. The monoisotopic (exact) mass is 393 g/mol. The highest BCUT2D eigenvalue weighted by molar-refractivity contribution is 6.31. The Hall–Kier alpha value is -3.20. The van der Waals surface area contributed by atoms with Crippen LogP contribution < -0.4 is 15.4 Å². The van der Waals surface area contributed by atoms with Gasteiger partial charge in [0.15, 0.2) is 0 Å². The molecule has 0 fully saturated rings. The Labute approximate surface area is 157 Å². The summed E-state index contributed by atoms with van der Waals surface area (Å²) in [4.78, 5) is 16.1. The molecule has 0 saturated carbocycles. The molecule has 0 spiro atoms. The molecule has 0 unspecified atom stereocenters. The second kappa shape index (κ2) is 8.45. The number of halogens is 3. The first kappa shape index (κ1) is 18.6. The number of alkyl halides is 2. The largest absolute Gasteiger partial charge is 0.435 e. The molecule has 27 heavy (non-hydrogen) atoms. The van der Waals surface area contributed by atoms with Crippen LogP contribution in [0.3, 0.4) is 0 Å². The van der Waals surface area contributed by atoms with Gasteiger partial charge in [0.2, 0.25) is 5.91 Å². The number of benzene rings is 2. The van der Waals surface area contributed by atoms with Crippen LogP contribution in [0.5, 0.6) is 5.75 Å². The zero-order valence-corrected chi connectivity index (χ0v) is 14.5. The molecule has 0 aliphatic heterocycles. The summed E-state index contributed by atoms with van der Waals surface area (Å²) in [5.41, 5.74) is 1.66. The number of ether oxygens (including phenoxy) is 1. The second-order valence-corrected chi connectivity index (χ2v) is 5.74. The number of hydrogen-bond donors (Lipinski definition) is 2. The maximum atomic E-state index is 12.2. The van der Waals surface area contributed by atoms with E-state index in [1.54, 1.807) is 18.2 Å². The molecule has 1 aromatic heterocycles. The highest BCUT2D eigenvalue weighted by atomic mass is 35.5. The van der Waals surface area contributed by atoms with Crippen molar-refractivity contribution >= 4 is 28.9 Å². The smallest absolute Gasteiger partial charge is 0.387 e. The third kappa shape index (κ3) is 5.14. The first-order valence-corrected chi connectivity index (χ1v) is 8.12. The lowest BCUT2D eigenvalue weighted by Crippen LogP contribution is -2.22. The van der Waals surface area contributed by atoms with E-state index in [4.69, 9.17) is 11.6 Å². The van der Waals surface area contributed by atoms with Crippen LogP contribution in [0.2, 0.25) is 5.02 Å². The summed E-state index contributed by atoms with van der Waals surface area (Å²) >= 11 is 6.01. The van der Waals surface area contributed by atoms with Crippen molar-refractivity contribution in [3.05, 3.63) is 60.1 Å². The van der Waals surface area contributed by atoms with Crippen molar-refractivity contribution in [1.29, 1.82) is 0 Å². The predicted octanol–water partition coefficient (Wildman–Crippen LogP) is 3.57. The van der Waals surface area contributed by atoms with Gasteiger partial charge in [-0.15, -0.1) is 0 Å². The molecule has 10 heteroatoms. The Morgan fingerprint density at radius 1 is 1.22 bits per heavy atom. The van der Waals surface area contributed by atoms with Crippen LogP contribution >= 0.6 is 11.6 Å². The Balaban J connectivity index is 1.62. The summed E-state index contributed by atoms with van der Waals surface area (Å²) in [6, 6.07) is 10.8. The van der Waals surface area contributed by atoms with Gasteiger partial charge in [-0.2, -0.15) is 13.9 Å². The molecule has 3 aromatic rings. The van der Waals surface area contributed by atoms with Gasteiger partial charge in [-0.1, -0.05) is 11.6 Å². The number of amides is 1. The molecule has 2 N–H and O–H groups in total. The maximum absolute atomic E-state index is 12.2. The molecule has 0 radical (unpaired) electrons. The van der Waals surface area contributed by atoms with Gasteiger partial charge in [0.25, 0.3) is 0 Å². The van der Waals surface area contributed by atoms with E-state index in [-0.39, 0.29) is 18.2 Å². The Morgan fingerprint density at radius 2 is 2.00 bits per heavy atom. The number of nitrogens with one attached hydrogen (secondary N) is 2. The molecular weight excluding hydrogens is 380 g/mol. The topological polar surface area (TPSA) is 81.1 Å². The summed E-state index contributed by atoms with van der Waals surface area (Å²) in [7, 11) is 0. The zero-order valence-electron chi connectivity index (χ0n) is 13.8. The van der Waals surface area contributed by atoms with E-state index in [9.17, 15) is 13.6 Å². The van der Waals surface area contributed by atoms with Gasteiger partial charge in [0, 0.05) is 10.7 Å². The molecule has 0 aliphatic rings. The first-order chi connectivity index (χ1) is 13.0. The van der Waals surface area contributed by atoms with E-state index >= 15 is 0 Å². The number of rotatable bonds is 7. The van der Waals surface area contributed by atoms with Crippen LogP contribution in [0.4, 0.5) is 20.2 Å². The predicted molar refractivity (Wildman–Crippen MR) is 96.6 cm³/mol. The lowest BCUT2D eigenvalue weighted by molar-refractivity contribution is -0.114. The average Bonchev–Trinajstić information content (AvgIpc) is 3.15. The van der Waals surface area contributed by atoms with Gasteiger partial charge in [-0.25, -0.2) is 9.67 Å². The fraction of sp³-hybridized carbons (Fsp3) is 0.118. The lowest BCUT2D eigenvalue weighted by Gasteiger charge is -2.12. The second-order valence-electron chi connectivity index (χ2n) is 5.31. The van der Waals surface area contributed by atoms with Crippen molar-refractivity contribution in [2.45, 2.75) is 6.61 Å². The molecule has 140 valence electrons. The number of aromatic nitrogens is 3. The van der Waals surface area contributed by atoms with Crippen molar-refractivity contribution in [2.24, 2.45) is 0 Å². The highest BCUT2D eigenvalue weighted by Crippen LogP contribution is 2.24. The van der Waals surface area contributed by atoms with Crippen molar-refractivity contribution in [3.8, 4) is 11.4 Å². The molecule has 0 bridgehead atoms. The van der Waals surface area contributed by atoms with Crippen LogP contribution in [0.25, 0.3) is 5.69 Å². The lowest BCUT2D eigenvalue weighted by atomic mass is 10.2. The van der Waals surface area contributed by atoms with E-state index in [1.807, 2.05) is 0 Å². The molecule has 0 saturated heterocycles. The van der Waals surface area contributed by atoms with Gasteiger partial charge in [-0.3, -0.25) is 4.79 Å². The summed E-state index contributed by atoms with van der Waals surface area (Å²) < 4.78 is 30.0. The quantitative estimate of drug-likeness (QED) is 0.641. The standard InChI is InChI=1S/C17H14ClF2N5O2/c18-11-1-6-15(25-10-21-9-23-25)14(7-11)24-16(26)8-22-12-2-4-13(5-3-12)27-17(19)20/h1-7,9-10,17,22H,8H2,(H,24,26). The van der Waals surface area contributed by atoms with Crippen LogP contribution in [0.15, 0.2) is 55.1 Å². The Bertz CT molecular complexity index is 904. The molecule has 0 atom stereocenters. The fourth-order valence-electron chi connectivity index (χ4n) is 2.27. The van der Waals surface area contributed by atoms with Crippen molar-refractivity contribution in [1.82, 2.24) is 14.8 Å². The number of carbonyl (C=O) groups excluding carboxylic acids is 1. The van der Waals surface area contributed by atoms with Crippen molar-refractivity contribution in [2.75, 3.05) is 17.2 Å². The van der Waals surface area contributed by atoms with Gasteiger partial charge in [0.1, 0.15) is 18.4 Å². The molecule has 7 nitrogen and oxygen atoms in total. The summed E-state index contributed by atoms with van der Waals surface area (Å²) in [6.45, 7) is -2.93. The van der Waals surface area contributed by atoms with E-state index in [2.05, 4.69) is 25.5 Å². The van der Waals surface area contributed by atoms with E-state index in [0.717, 1.165) is 0 Å². The Kier molecular flexibility index (Phi) is 5.82. The van der Waals surface area contributed by atoms with Crippen molar-refractivity contribution in [3.63, 3.8) is 0 Å². The zero-order chi connectivity index (χ0) is 19.2. The number of anilines is 2. The van der Waals surface area contributed by atoms with Crippen LogP contribution in [0, 0.1) is 0 Å². The van der Waals surface area contributed by atoms with Gasteiger partial charge < -0.3 is 15.4 Å². The number of carbonyl (C=O) groups is 1. The van der Waals surface area contributed by atoms with Gasteiger partial charge in [0.05, 0.1) is 17.9 Å². The minimum Gasteiger partial charge on any atom is -0.435 e. The summed E-state index contributed by atoms with van der Waals surface area (Å²) in [5, 5.41) is 10.1. The molecule has 1 amide bonds. The van der Waals surface area contributed by atoms with E-state index in [1.165, 1.54) is 41.6 Å².